The van der Waals surface area contributed by atoms with E-state index < -0.39 is 10.0 Å². The van der Waals surface area contributed by atoms with E-state index in [4.69, 9.17) is 11.6 Å². The molecule has 5 nitrogen and oxygen atoms in total. The lowest BCUT2D eigenvalue weighted by atomic mass is 9.96. The van der Waals surface area contributed by atoms with Gasteiger partial charge in [0.25, 0.3) is 10.0 Å². The summed E-state index contributed by atoms with van der Waals surface area (Å²) in [6.45, 7) is 4.02. The van der Waals surface area contributed by atoms with E-state index in [-0.39, 0.29) is 17.3 Å². The summed E-state index contributed by atoms with van der Waals surface area (Å²) in [6.07, 6.45) is 0.632. The fourth-order valence-corrected chi connectivity index (χ4v) is 5.74. The van der Waals surface area contributed by atoms with Crippen LogP contribution in [0, 0.1) is 13.8 Å². The smallest absolute Gasteiger partial charge is 0.265 e. The number of hydrogen-bond acceptors (Lipinski definition) is 3. The van der Waals surface area contributed by atoms with Gasteiger partial charge in [-0.1, -0.05) is 48.0 Å². The van der Waals surface area contributed by atoms with E-state index in [1.54, 1.807) is 24.3 Å². The molecule has 1 aliphatic rings. The summed E-state index contributed by atoms with van der Waals surface area (Å²) in [6, 6.07) is 18.2. The molecule has 31 heavy (non-hydrogen) atoms. The summed E-state index contributed by atoms with van der Waals surface area (Å²) < 4.78 is 28.0. The van der Waals surface area contributed by atoms with Crippen molar-refractivity contribution in [3.05, 3.63) is 82.4 Å². The largest absolute Gasteiger partial charge is 0.354 e. The molecular formula is C24H23ClN2O3S. The quantitative estimate of drug-likeness (QED) is 0.617. The molecule has 0 spiro atoms. The molecule has 0 aliphatic carbocycles. The van der Waals surface area contributed by atoms with Gasteiger partial charge in [0.15, 0.2) is 0 Å². The number of sulfonamides is 1. The molecule has 160 valence electrons. The van der Waals surface area contributed by atoms with Gasteiger partial charge in [0.1, 0.15) is 6.54 Å². The maximum atomic E-state index is 13.4. The fraction of sp³-hybridized carbons (Fsp3) is 0.208. The number of amides is 1. The third-order valence-corrected chi connectivity index (χ3v) is 7.46. The Kier molecular flexibility index (Phi) is 5.77. The normalized spacial score (nSPS) is 14.0. The SMILES string of the molecule is Cc1cc(C)c2c(c1)N(CC(=O)NCCc1ccc(Cl)cc1)S(=O)(=O)c1ccccc1-2. The van der Waals surface area contributed by atoms with Crippen molar-refractivity contribution >= 4 is 33.2 Å². The van der Waals surface area contributed by atoms with Crippen LogP contribution in [-0.2, 0) is 21.2 Å². The van der Waals surface area contributed by atoms with Crippen LogP contribution in [0.15, 0.2) is 65.6 Å². The van der Waals surface area contributed by atoms with Crippen LogP contribution in [0.4, 0.5) is 5.69 Å². The maximum absolute atomic E-state index is 13.4. The second kappa shape index (κ2) is 8.36. The minimum atomic E-state index is -3.85. The van der Waals surface area contributed by atoms with Crippen molar-refractivity contribution < 1.29 is 13.2 Å². The van der Waals surface area contributed by atoms with Gasteiger partial charge < -0.3 is 5.32 Å². The molecule has 1 aliphatic heterocycles. The standard InChI is InChI=1S/C24H23ClN2O3S/c1-16-13-17(2)24-20-5-3-4-6-22(20)31(29,30)27(21(24)14-16)15-23(28)26-12-11-18-7-9-19(25)10-8-18/h3-10,13-14H,11-12,15H2,1-2H3,(H,26,28). The lowest BCUT2D eigenvalue weighted by molar-refractivity contribution is -0.119. The zero-order valence-electron chi connectivity index (χ0n) is 17.4. The average molecular weight is 455 g/mol. The van der Waals surface area contributed by atoms with Crippen molar-refractivity contribution in [2.75, 3.05) is 17.4 Å². The van der Waals surface area contributed by atoms with Crippen molar-refractivity contribution in [1.82, 2.24) is 5.32 Å². The Hall–Kier alpha value is -2.83. The Bertz CT molecular complexity index is 1250. The van der Waals surface area contributed by atoms with Gasteiger partial charge in [-0.3, -0.25) is 9.10 Å². The molecule has 0 atom stereocenters. The molecule has 7 heteroatoms. The maximum Gasteiger partial charge on any atom is 0.265 e. The van der Waals surface area contributed by atoms with E-state index in [2.05, 4.69) is 5.32 Å². The molecule has 4 rings (SSSR count). The van der Waals surface area contributed by atoms with E-state index in [1.807, 2.05) is 50.2 Å². The molecule has 0 saturated heterocycles. The Labute approximate surface area is 187 Å². The molecule has 1 amide bonds. The predicted molar refractivity (Wildman–Crippen MR) is 124 cm³/mol. The van der Waals surface area contributed by atoms with Crippen LogP contribution in [0.25, 0.3) is 11.1 Å². The number of aryl methyl sites for hydroxylation is 2. The van der Waals surface area contributed by atoms with Crippen molar-refractivity contribution in [3.63, 3.8) is 0 Å². The zero-order valence-corrected chi connectivity index (χ0v) is 18.9. The molecule has 0 bridgehead atoms. The predicted octanol–water partition coefficient (Wildman–Crippen LogP) is 4.49. The van der Waals surface area contributed by atoms with Crippen molar-refractivity contribution in [3.8, 4) is 11.1 Å². The number of halogens is 1. The summed E-state index contributed by atoms with van der Waals surface area (Å²) in [5, 5.41) is 3.50. The van der Waals surface area contributed by atoms with Crippen LogP contribution < -0.4 is 9.62 Å². The number of nitrogens with one attached hydrogen (secondary N) is 1. The Morgan fingerprint density at radius 3 is 2.48 bits per heavy atom. The minimum absolute atomic E-state index is 0.225. The van der Waals surface area contributed by atoms with Crippen molar-refractivity contribution in [1.29, 1.82) is 0 Å². The first-order valence-electron chi connectivity index (χ1n) is 10.0. The number of anilines is 1. The van der Waals surface area contributed by atoms with Gasteiger partial charge in [0.05, 0.1) is 10.6 Å². The summed E-state index contributed by atoms with van der Waals surface area (Å²) >= 11 is 5.90. The number of hydrogen-bond donors (Lipinski definition) is 1. The van der Waals surface area contributed by atoms with Crippen molar-refractivity contribution in [2.24, 2.45) is 0 Å². The van der Waals surface area contributed by atoms with Crippen LogP contribution in [0.2, 0.25) is 5.02 Å². The molecule has 0 aromatic heterocycles. The van der Waals surface area contributed by atoms with Gasteiger partial charge in [-0.05, 0) is 61.2 Å². The highest BCUT2D eigenvalue weighted by molar-refractivity contribution is 7.93. The first-order chi connectivity index (χ1) is 14.8. The third-order valence-electron chi connectivity index (χ3n) is 5.39. The van der Waals surface area contributed by atoms with Gasteiger partial charge in [0.2, 0.25) is 5.91 Å². The topological polar surface area (TPSA) is 66.5 Å². The highest BCUT2D eigenvalue weighted by atomic mass is 35.5. The number of rotatable bonds is 5. The molecule has 0 fully saturated rings. The molecule has 3 aromatic rings. The highest BCUT2D eigenvalue weighted by Gasteiger charge is 2.36. The number of carbonyl (C=O) groups excluding carboxylic acids is 1. The number of carbonyl (C=O) groups is 1. The third kappa shape index (κ3) is 4.18. The molecule has 3 aromatic carbocycles. The first-order valence-corrected chi connectivity index (χ1v) is 11.8. The van der Waals surface area contributed by atoms with E-state index in [1.165, 1.54) is 4.31 Å². The van der Waals surface area contributed by atoms with Crippen LogP contribution in [0.1, 0.15) is 16.7 Å². The van der Waals surface area contributed by atoms with Crippen LogP contribution in [-0.4, -0.2) is 27.4 Å². The highest BCUT2D eigenvalue weighted by Crippen LogP contribution is 2.45. The minimum Gasteiger partial charge on any atom is -0.354 e. The summed E-state index contributed by atoms with van der Waals surface area (Å²) in [7, 11) is -3.85. The van der Waals surface area contributed by atoms with E-state index in [0.29, 0.717) is 29.2 Å². The lowest BCUT2D eigenvalue weighted by Crippen LogP contribution is -2.43. The Morgan fingerprint density at radius 1 is 1.03 bits per heavy atom. The van der Waals surface area contributed by atoms with Gasteiger partial charge in [-0.25, -0.2) is 8.42 Å². The second-order valence-electron chi connectivity index (χ2n) is 7.71. The summed E-state index contributed by atoms with van der Waals surface area (Å²) in [4.78, 5) is 12.9. The van der Waals surface area contributed by atoms with Gasteiger partial charge in [-0.2, -0.15) is 0 Å². The van der Waals surface area contributed by atoms with Crippen molar-refractivity contribution in [2.45, 2.75) is 25.2 Å². The van der Waals surface area contributed by atoms with Crippen LogP contribution in [0.5, 0.6) is 0 Å². The molecule has 1 N–H and O–H groups in total. The molecule has 1 heterocycles. The number of benzene rings is 3. The Morgan fingerprint density at radius 2 is 1.74 bits per heavy atom. The van der Waals surface area contributed by atoms with E-state index in [9.17, 15) is 13.2 Å². The fourth-order valence-electron chi connectivity index (χ4n) is 3.99. The molecule has 0 radical (unpaired) electrons. The van der Waals surface area contributed by atoms with Crippen LogP contribution in [0.3, 0.4) is 0 Å². The monoisotopic (exact) mass is 454 g/mol. The van der Waals surface area contributed by atoms with E-state index >= 15 is 0 Å². The number of nitrogens with zero attached hydrogens (tertiary/aromatic N) is 1. The zero-order chi connectivity index (χ0) is 22.2. The average Bonchev–Trinajstić information content (AvgIpc) is 2.72. The van der Waals surface area contributed by atoms with Gasteiger partial charge in [-0.15, -0.1) is 0 Å². The first kappa shape index (κ1) is 21.4. The van der Waals surface area contributed by atoms with Gasteiger partial charge >= 0.3 is 0 Å². The lowest BCUT2D eigenvalue weighted by Gasteiger charge is -2.33. The molecular weight excluding hydrogens is 432 g/mol. The summed E-state index contributed by atoms with van der Waals surface area (Å²) in [5.74, 6) is -0.345. The summed E-state index contributed by atoms with van der Waals surface area (Å²) in [5.41, 5.74) is 5.04. The molecule has 0 unspecified atom stereocenters. The Balaban J connectivity index is 1.59. The number of fused-ring (bicyclic) bond motifs is 3. The second-order valence-corrected chi connectivity index (χ2v) is 9.98. The van der Waals surface area contributed by atoms with Crippen LogP contribution >= 0.6 is 11.6 Å². The van der Waals surface area contributed by atoms with Gasteiger partial charge in [0, 0.05) is 22.7 Å². The van der Waals surface area contributed by atoms with E-state index in [0.717, 1.165) is 22.3 Å². The molecule has 0 saturated carbocycles.